The first-order chi connectivity index (χ1) is 9.88. The number of primary amides is 1. The van der Waals surface area contributed by atoms with Gasteiger partial charge in [-0.1, -0.05) is 17.7 Å². The van der Waals surface area contributed by atoms with E-state index in [-0.39, 0.29) is 22.3 Å². The molecule has 0 aliphatic rings. The zero-order valence-electron chi connectivity index (χ0n) is 11.2. The fourth-order valence-corrected chi connectivity index (χ4v) is 2.01. The van der Waals surface area contributed by atoms with Crippen LogP contribution in [0.3, 0.4) is 0 Å². The molecule has 1 atom stereocenters. The van der Waals surface area contributed by atoms with E-state index >= 15 is 0 Å². The van der Waals surface area contributed by atoms with Gasteiger partial charge in [0.2, 0.25) is 5.91 Å². The number of nitrogens with two attached hydrogens (primary N) is 1. The van der Waals surface area contributed by atoms with E-state index in [2.05, 4.69) is 5.32 Å². The average molecular weight is 311 g/mol. The zero-order chi connectivity index (χ0) is 15.6. The minimum Gasteiger partial charge on any atom is -0.376 e. The molecule has 0 spiro atoms. The summed E-state index contributed by atoms with van der Waals surface area (Å²) in [6.45, 7) is 1.74. The van der Waals surface area contributed by atoms with Crippen LogP contribution in [0.2, 0.25) is 5.02 Å². The summed E-state index contributed by atoms with van der Waals surface area (Å²) in [7, 11) is 0. The molecule has 0 saturated carbocycles. The van der Waals surface area contributed by atoms with Crippen molar-refractivity contribution >= 4 is 23.2 Å². The fraction of sp³-hybridized carbons (Fsp3) is 0.133. The largest absolute Gasteiger partial charge is 0.376 e. The molecule has 0 aromatic heterocycles. The van der Waals surface area contributed by atoms with Crippen LogP contribution in [0, 0.1) is 11.6 Å². The van der Waals surface area contributed by atoms with Crippen LogP contribution in [-0.4, -0.2) is 5.91 Å². The van der Waals surface area contributed by atoms with Crippen LogP contribution in [-0.2, 0) is 0 Å². The van der Waals surface area contributed by atoms with Crippen LogP contribution >= 0.6 is 11.6 Å². The van der Waals surface area contributed by atoms with Crippen molar-refractivity contribution in [2.75, 3.05) is 5.32 Å². The van der Waals surface area contributed by atoms with E-state index in [1.165, 1.54) is 24.3 Å². The molecule has 0 heterocycles. The van der Waals surface area contributed by atoms with Gasteiger partial charge in [0.1, 0.15) is 11.6 Å². The van der Waals surface area contributed by atoms with Gasteiger partial charge >= 0.3 is 0 Å². The molecule has 3 N–H and O–H groups in total. The number of carbonyl (C=O) groups is 1. The Hall–Kier alpha value is -2.14. The van der Waals surface area contributed by atoms with Crippen LogP contribution in [0.4, 0.5) is 14.5 Å². The van der Waals surface area contributed by atoms with Gasteiger partial charge in [0.05, 0.1) is 10.7 Å². The summed E-state index contributed by atoms with van der Waals surface area (Å²) < 4.78 is 27.2. The monoisotopic (exact) mass is 310 g/mol. The maximum absolute atomic E-state index is 13.7. The lowest BCUT2D eigenvalue weighted by atomic mass is 10.1. The van der Waals surface area contributed by atoms with Crippen molar-refractivity contribution in [3.05, 3.63) is 64.2 Å². The molecular weight excluding hydrogens is 298 g/mol. The van der Waals surface area contributed by atoms with Gasteiger partial charge in [-0.25, -0.2) is 8.78 Å². The Morgan fingerprint density at radius 1 is 1.19 bits per heavy atom. The van der Waals surface area contributed by atoms with Gasteiger partial charge in [-0.3, -0.25) is 4.79 Å². The summed E-state index contributed by atoms with van der Waals surface area (Å²) >= 11 is 5.62. The van der Waals surface area contributed by atoms with Gasteiger partial charge in [-0.05, 0) is 42.8 Å². The van der Waals surface area contributed by atoms with Crippen molar-refractivity contribution < 1.29 is 13.6 Å². The number of anilines is 1. The standard InChI is InChI=1S/C15H13ClF2N2O/c1-8(9-2-4-11(16)13(18)6-9)20-14-7-10(15(19)21)3-5-12(14)17/h2-8,20H,1H3,(H2,19,21). The molecule has 2 rings (SSSR count). The molecule has 0 aliphatic heterocycles. The number of amides is 1. The third-order valence-electron chi connectivity index (χ3n) is 3.07. The Balaban J connectivity index is 2.26. The number of benzene rings is 2. The van der Waals surface area contributed by atoms with Crippen LogP contribution < -0.4 is 11.1 Å². The quantitative estimate of drug-likeness (QED) is 0.900. The smallest absolute Gasteiger partial charge is 0.248 e. The Kier molecular flexibility index (Phi) is 4.43. The van der Waals surface area contributed by atoms with E-state index in [0.29, 0.717) is 5.56 Å². The molecule has 1 unspecified atom stereocenters. The number of nitrogens with one attached hydrogen (secondary N) is 1. The molecule has 0 aliphatic carbocycles. The highest BCUT2D eigenvalue weighted by Crippen LogP contribution is 2.25. The average Bonchev–Trinajstić information content (AvgIpc) is 2.43. The lowest BCUT2D eigenvalue weighted by Gasteiger charge is -2.17. The normalized spacial score (nSPS) is 12.0. The molecular formula is C15H13ClF2N2O. The first-order valence-electron chi connectivity index (χ1n) is 6.19. The third-order valence-corrected chi connectivity index (χ3v) is 3.37. The second kappa shape index (κ2) is 6.10. The van der Waals surface area contributed by atoms with E-state index in [4.69, 9.17) is 17.3 Å². The predicted octanol–water partition coefficient (Wildman–Crippen LogP) is 3.89. The number of rotatable bonds is 4. The van der Waals surface area contributed by atoms with Crippen LogP contribution in [0.25, 0.3) is 0 Å². The molecule has 21 heavy (non-hydrogen) atoms. The molecule has 110 valence electrons. The third kappa shape index (κ3) is 3.49. The van der Waals surface area contributed by atoms with Gasteiger partial charge in [0.15, 0.2) is 0 Å². The SMILES string of the molecule is CC(Nc1cc(C(N)=O)ccc1F)c1ccc(Cl)c(F)c1. The Morgan fingerprint density at radius 2 is 1.90 bits per heavy atom. The maximum atomic E-state index is 13.7. The Bertz CT molecular complexity index is 691. The lowest BCUT2D eigenvalue weighted by Crippen LogP contribution is -2.13. The fourth-order valence-electron chi connectivity index (χ4n) is 1.89. The van der Waals surface area contributed by atoms with Gasteiger partial charge < -0.3 is 11.1 Å². The topological polar surface area (TPSA) is 55.1 Å². The van der Waals surface area contributed by atoms with Gasteiger partial charge in [-0.15, -0.1) is 0 Å². The highest BCUT2D eigenvalue weighted by Gasteiger charge is 2.12. The molecule has 2 aromatic carbocycles. The van der Waals surface area contributed by atoms with E-state index in [0.717, 1.165) is 6.07 Å². The number of hydrogen-bond donors (Lipinski definition) is 2. The van der Waals surface area contributed by atoms with Gasteiger partial charge in [-0.2, -0.15) is 0 Å². The molecule has 3 nitrogen and oxygen atoms in total. The molecule has 0 saturated heterocycles. The number of carbonyl (C=O) groups excluding carboxylic acids is 1. The van der Waals surface area contributed by atoms with E-state index in [1.807, 2.05) is 0 Å². The first kappa shape index (κ1) is 15.3. The van der Waals surface area contributed by atoms with Gasteiger partial charge in [0.25, 0.3) is 0 Å². The summed E-state index contributed by atoms with van der Waals surface area (Å²) in [5, 5.41) is 2.90. The summed E-state index contributed by atoms with van der Waals surface area (Å²) in [5.41, 5.74) is 6.06. The number of hydrogen-bond acceptors (Lipinski definition) is 2. The molecule has 0 fully saturated rings. The van der Waals surface area contributed by atoms with Crippen LogP contribution in [0.1, 0.15) is 28.9 Å². The van der Waals surface area contributed by atoms with Crippen LogP contribution in [0.15, 0.2) is 36.4 Å². The van der Waals surface area contributed by atoms with Crippen molar-refractivity contribution in [2.45, 2.75) is 13.0 Å². The van der Waals surface area contributed by atoms with Crippen molar-refractivity contribution in [2.24, 2.45) is 5.73 Å². The van der Waals surface area contributed by atoms with Crippen molar-refractivity contribution in [1.82, 2.24) is 0 Å². The highest BCUT2D eigenvalue weighted by molar-refractivity contribution is 6.30. The molecule has 0 radical (unpaired) electrons. The summed E-state index contributed by atoms with van der Waals surface area (Å²) in [4.78, 5) is 11.1. The first-order valence-corrected chi connectivity index (χ1v) is 6.57. The summed E-state index contributed by atoms with van der Waals surface area (Å²) in [6.07, 6.45) is 0. The summed E-state index contributed by atoms with van der Waals surface area (Å²) in [5.74, 6) is -1.72. The zero-order valence-corrected chi connectivity index (χ0v) is 11.9. The molecule has 6 heteroatoms. The minimum atomic E-state index is -0.650. The lowest BCUT2D eigenvalue weighted by molar-refractivity contribution is 0.100. The van der Waals surface area contributed by atoms with Gasteiger partial charge in [0, 0.05) is 11.6 Å². The van der Waals surface area contributed by atoms with E-state index < -0.39 is 17.5 Å². The van der Waals surface area contributed by atoms with Crippen molar-refractivity contribution in [3.63, 3.8) is 0 Å². The van der Waals surface area contributed by atoms with Crippen molar-refractivity contribution in [3.8, 4) is 0 Å². The van der Waals surface area contributed by atoms with E-state index in [9.17, 15) is 13.6 Å². The maximum Gasteiger partial charge on any atom is 0.248 e. The van der Waals surface area contributed by atoms with Crippen LogP contribution in [0.5, 0.6) is 0 Å². The predicted molar refractivity (Wildman–Crippen MR) is 78.4 cm³/mol. The minimum absolute atomic E-state index is 0.0212. The Labute approximate surface area is 125 Å². The molecule has 1 amide bonds. The number of halogens is 3. The van der Waals surface area contributed by atoms with E-state index in [1.54, 1.807) is 13.0 Å². The van der Waals surface area contributed by atoms with Crippen molar-refractivity contribution in [1.29, 1.82) is 0 Å². The summed E-state index contributed by atoms with van der Waals surface area (Å²) in [6, 6.07) is 7.73. The Morgan fingerprint density at radius 3 is 2.52 bits per heavy atom. The second-order valence-electron chi connectivity index (χ2n) is 4.60. The molecule has 0 bridgehead atoms. The second-order valence-corrected chi connectivity index (χ2v) is 5.01. The molecule has 2 aromatic rings. The highest BCUT2D eigenvalue weighted by atomic mass is 35.5.